The molecule has 0 aromatic carbocycles. The number of aromatic nitrogens is 1. The minimum Gasteiger partial charge on any atom is -0.380 e. The molecule has 0 saturated carbocycles. The molecule has 1 rings (SSSR count). The second-order valence-electron chi connectivity index (χ2n) is 2.35. The van der Waals surface area contributed by atoms with E-state index in [-0.39, 0.29) is 5.69 Å². The molecule has 1 heterocycles. The summed E-state index contributed by atoms with van der Waals surface area (Å²) in [6.45, 7) is 4.46. The van der Waals surface area contributed by atoms with Crippen molar-refractivity contribution in [2.24, 2.45) is 5.73 Å². The predicted octanol–water partition coefficient (Wildman–Crippen LogP) is 1.35. The second-order valence-corrected chi connectivity index (χ2v) is 2.35. The van der Waals surface area contributed by atoms with Gasteiger partial charge < -0.3 is 10.5 Å². The lowest BCUT2D eigenvalue weighted by Gasteiger charge is -1.99. The predicted molar refractivity (Wildman–Crippen MR) is 54.8 cm³/mol. The van der Waals surface area contributed by atoms with Crippen LogP contribution in [-0.4, -0.2) is 18.0 Å². The fourth-order valence-electron chi connectivity index (χ4n) is 0.865. The molecule has 1 aromatic rings. The molecule has 0 saturated heterocycles. The smallest absolute Gasteiger partial charge is 0.267 e. The Bertz CT molecular complexity index is 287. The number of rotatable bonds is 3. The lowest BCUT2D eigenvalue weighted by atomic mass is 10.2. The quantitative estimate of drug-likeness (QED) is 0.793. The number of carbonyl (C=O) groups is 1. The third kappa shape index (κ3) is 4.00. The normalized spacial score (nSPS) is 8.79. The van der Waals surface area contributed by atoms with Crippen molar-refractivity contribution in [1.82, 2.24) is 4.98 Å². The summed E-state index contributed by atoms with van der Waals surface area (Å²) < 4.78 is 4.88. The molecule has 0 fully saturated rings. The molecule has 2 N–H and O–H groups in total. The first kappa shape index (κ1) is 12.6. The molecule has 4 nitrogen and oxygen atoms in total. The summed E-state index contributed by atoms with van der Waals surface area (Å²) in [6, 6.07) is 3.39. The molecule has 0 bridgehead atoms. The first-order valence-electron chi connectivity index (χ1n) is 4.47. The van der Waals surface area contributed by atoms with Gasteiger partial charge in [0.15, 0.2) is 0 Å². The maximum atomic E-state index is 10.7. The van der Waals surface area contributed by atoms with Gasteiger partial charge in [-0.3, -0.25) is 9.78 Å². The van der Waals surface area contributed by atoms with Crippen LogP contribution in [0.15, 0.2) is 18.3 Å². The van der Waals surface area contributed by atoms with Gasteiger partial charge in [0.05, 0.1) is 6.61 Å². The Kier molecular flexibility index (Phi) is 6.32. The summed E-state index contributed by atoms with van der Waals surface area (Å²) >= 11 is 0. The van der Waals surface area contributed by atoms with Gasteiger partial charge >= 0.3 is 0 Å². The molecule has 1 aromatic heterocycles. The van der Waals surface area contributed by atoms with Gasteiger partial charge in [0.2, 0.25) is 0 Å². The molecule has 0 unspecified atom stereocenters. The van der Waals surface area contributed by atoms with E-state index in [2.05, 4.69) is 4.98 Å². The number of amides is 1. The third-order valence-electron chi connectivity index (χ3n) is 1.39. The minimum absolute atomic E-state index is 0.268. The molecule has 14 heavy (non-hydrogen) atoms. The first-order chi connectivity index (χ1) is 6.74. The Morgan fingerprint density at radius 1 is 1.57 bits per heavy atom. The fourth-order valence-corrected chi connectivity index (χ4v) is 0.865. The molecule has 4 heteroatoms. The van der Waals surface area contributed by atoms with Crippen molar-refractivity contribution < 1.29 is 9.53 Å². The van der Waals surface area contributed by atoms with Crippen LogP contribution >= 0.6 is 0 Å². The van der Waals surface area contributed by atoms with Crippen molar-refractivity contribution in [1.29, 1.82) is 0 Å². The number of methoxy groups -OCH3 is 1. The molecule has 0 aliphatic carbocycles. The topological polar surface area (TPSA) is 65.2 Å². The Morgan fingerprint density at radius 2 is 2.21 bits per heavy atom. The highest BCUT2D eigenvalue weighted by atomic mass is 16.5. The van der Waals surface area contributed by atoms with Gasteiger partial charge in [-0.25, -0.2) is 0 Å². The van der Waals surface area contributed by atoms with E-state index in [1.165, 1.54) is 6.20 Å². The zero-order valence-electron chi connectivity index (χ0n) is 8.78. The van der Waals surface area contributed by atoms with E-state index in [0.29, 0.717) is 6.61 Å². The highest BCUT2D eigenvalue weighted by Crippen LogP contribution is 2.01. The summed E-state index contributed by atoms with van der Waals surface area (Å²) in [6.07, 6.45) is 1.54. The summed E-state index contributed by atoms with van der Waals surface area (Å²) in [5.41, 5.74) is 6.19. The van der Waals surface area contributed by atoms with Gasteiger partial charge in [0, 0.05) is 13.3 Å². The molecular formula is C10H16N2O2. The van der Waals surface area contributed by atoms with Gasteiger partial charge in [0.25, 0.3) is 5.91 Å². The summed E-state index contributed by atoms with van der Waals surface area (Å²) in [5.74, 6) is -0.520. The van der Waals surface area contributed by atoms with Gasteiger partial charge in [-0.2, -0.15) is 0 Å². The SMILES string of the molecule is CC.COCc1ccnc(C(N)=O)c1. The molecule has 0 aliphatic rings. The van der Waals surface area contributed by atoms with Crippen molar-refractivity contribution in [2.75, 3.05) is 7.11 Å². The van der Waals surface area contributed by atoms with E-state index in [4.69, 9.17) is 10.5 Å². The van der Waals surface area contributed by atoms with Crippen LogP contribution in [0.1, 0.15) is 29.9 Å². The molecule has 0 spiro atoms. The van der Waals surface area contributed by atoms with E-state index in [9.17, 15) is 4.79 Å². The highest BCUT2D eigenvalue weighted by Gasteiger charge is 2.01. The number of hydrogen-bond donors (Lipinski definition) is 1. The lowest BCUT2D eigenvalue weighted by Crippen LogP contribution is -2.13. The minimum atomic E-state index is -0.520. The van der Waals surface area contributed by atoms with E-state index in [1.807, 2.05) is 13.8 Å². The monoisotopic (exact) mass is 196 g/mol. The summed E-state index contributed by atoms with van der Waals surface area (Å²) in [7, 11) is 1.59. The number of nitrogens with two attached hydrogens (primary N) is 1. The van der Waals surface area contributed by atoms with E-state index in [1.54, 1.807) is 19.2 Å². The molecule has 1 amide bonds. The van der Waals surface area contributed by atoms with Crippen LogP contribution in [-0.2, 0) is 11.3 Å². The Morgan fingerprint density at radius 3 is 2.71 bits per heavy atom. The van der Waals surface area contributed by atoms with E-state index in [0.717, 1.165) is 5.56 Å². The van der Waals surface area contributed by atoms with Crippen molar-refractivity contribution in [3.05, 3.63) is 29.6 Å². The maximum absolute atomic E-state index is 10.7. The average molecular weight is 196 g/mol. The molecular weight excluding hydrogens is 180 g/mol. The lowest BCUT2D eigenvalue weighted by molar-refractivity contribution is 0.0995. The Labute approximate surface area is 84.1 Å². The van der Waals surface area contributed by atoms with Gasteiger partial charge in [-0.05, 0) is 17.7 Å². The van der Waals surface area contributed by atoms with Crippen molar-refractivity contribution >= 4 is 5.91 Å². The van der Waals surface area contributed by atoms with Gasteiger partial charge in [-0.1, -0.05) is 13.8 Å². The van der Waals surface area contributed by atoms with Crippen molar-refractivity contribution in [2.45, 2.75) is 20.5 Å². The number of carbonyl (C=O) groups excluding carboxylic acids is 1. The van der Waals surface area contributed by atoms with Crippen LogP contribution in [0.25, 0.3) is 0 Å². The van der Waals surface area contributed by atoms with Crippen LogP contribution in [0.5, 0.6) is 0 Å². The third-order valence-corrected chi connectivity index (χ3v) is 1.39. The van der Waals surface area contributed by atoms with Crippen molar-refractivity contribution in [3.63, 3.8) is 0 Å². The summed E-state index contributed by atoms with van der Waals surface area (Å²) in [4.78, 5) is 14.5. The fraction of sp³-hybridized carbons (Fsp3) is 0.400. The average Bonchev–Trinajstić information content (AvgIpc) is 2.22. The molecule has 0 atom stereocenters. The number of ether oxygens (including phenoxy) is 1. The Balaban J connectivity index is 0.000000791. The van der Waals surface area contributed by atoms with E-state index >= 15 is 0 Å². The molecule has 0 aliphatic heterocycles. The zero-order chi connectivity index (χ0) is 11.0. The molecule has 0 radical (unpaired) electrons. The maximum Gasteiger partial charge on any atom is 0.267 e. The largest absolute Gasteiger partial charge is 0.380 e. The number of nitrogens with zero attached hydrogens (tertiary/aromatic N) is 1. The van der Waals surface area contributed by atoms with Crippen LogP contribution in [0, 0.1) is 0 Å². The number of primary amides is 1. The number of pyridine rings is 1. The first-order valence-corrected chi connectivity index (χ1v) is 4.47. The van der Waals surface area contributed by atoms with Crippen LogP contribution in [0.2, 0.25) is 0 Å². The van der Waals surface area contributed by atoms with Gasteiger partial charge in [0.1, 0.15) is 5.69 Å². The Hall–Kier alpha value is -1.42. The zero-order valence-corrected chi connectivity index (χ0v) is 8.78. The standard InChI is InChI=1S/C8H10N2O2.C2H6/c1-12-5-6-2-3-10-7(4-6)8(9)11;1-2/h2-4H,5H2,1H3,(H2,9,11);1-2H3. The second kappa shape index (κ2) is 7.03. The van der Waals surface area contributed by atoms with Gasteiger partial charge in [-0.15, -0.1) is 0 Å². The summed E-state index contributed by atoms with van der Waals surface area (Å²) in [5, 5.41) is 0. The van der Waals surface area contributed by atoms with Crippen LogP contribution in [0.3, 0.4) is 0 Å². The van der Waals surface area contributed by atoms with Crippen molar-refractivity contribution in [3.8, 4) is 0 Å². The van der Waals surface area contributed by atoms with E-state index < -0.39 is 5.91 Å². The van der Waals surface area contributed by atoms with Crippen LogP contribution in [0.4, 0.5) is 0 Å². The van der Waals surface area contributed by atoms with Crippen LogP contribution < -0.4 is 5.73 Å². The number of hydrogen-bond acceptors (Lipinski definition) is 3. The molecule has 78 valence electrons. The highest BCUT2D eigenvalue weighted by molar-refractivity contribution is 5.90.